The Morgan fingerprint density at radius 1 is 1.12 bits per heavy atom. The molecule has 0 amide bonds. The van der Waals surface area contributed by atoms with E-state index in [4.69, 9.17) is 14.2 Å². The number of fused-ring (bicyclic) bond motifs is 2. The summed E-state index contributed by atoms with van der Waals surface area (Å²) in [4.78, 5) is 14.7. The van der Waals surface area contributed by atoms with Crippen LogP contribution in [0.2, 0.25) is 0 Å². The quantitative estimate of drug-likeness (QED) is 0.810. The number of ether oxygens (including phenoxy) is 3. The van der Waals surface area contributed by atoms with Crippen molar-refractivity contribution in [3.63, 3.8) is 0 Å². The molecule has 5 heteroatoms. The Hall–Kier alpha value is -2.69. The number of hydrogen-bond donors (Lipinski definition) is 0. The summed E-state index contributed by atoms with van der Waals surface area (Å²) < 4.78 is 16.4. The third-order valence-corrected chi connectivity index (χ3v) is 4.70. The number of esters is 1. The molecule has 1 atom stereocenters. The smallest absolute Gasteiger partial charge is 0.344 e. The van der Waals surface area contributed by atoms with Gasteiger partial charge in [-0.3, -0.25) is 0 Å². The molecule has 2 aliphatic heterocycles. The van der Waals surface area contributed by atoms with Crippen molar-refractivity contribution in [1.82, 2.24) is 0 Å². The number of cyclic esters (lactones) is 1. The monoisotopic (exact) mass is 325 g/mol. The molecule has 2 aliphatic rings. The first kappa shape index (κ1) is 14.9. The van der Waals surface area contributed by atoms with E-state index in [1.807, 2.05) is 24.3 Å². The van der Waals surface area contributed by atoms with Gasteiger partial charge in [0.2, 0.25) is 6.23 Å². The molecule has 0 N–H and O–H groups in total. The number of carbonyl (C=O) groups excluding carboxylic acids is 1. The standard InChI is InChI=1S/C19H19NO4/c1-22-15-10-9-13-16(17(15)23-2)19(21)24-18(13)20-11-5-7-12-6-3-4-8-14(12)20/h3-4,6,8-10,18H,5,7,11H2,1-2H3/t18-/m1/s1. The van der Waals surface area contributed by atoms with Crippen molar-refractivity contribution in [2.24, 2.45) is 0 Å². The van der Waals surface area contributed by atoms with E-state index < -0.39 is 6.23 Å². The first-order valence-corrected chi connectivity index (χ1v) is 8.05. The largest absolute Gasteiger partial charge is 0.493 e. The number of aryl methyl sites for hydroxylation is 1. The van der Waals surface area contributed by atoms with E-state index in [-0.39, 0.29) is 5.97 Å². The van der Waals surface area contributed by atoms with Gasteiger partial charge in [0, 0.05) is 17.8 Å². The Morgan fingerprint density at radius 2 is 1.96 bits per heavy atom. The lowest BCUT2D eigenvalue weighted by Gasteiger charge is -2.35. The zero-order valence-corrected chi connectivity index (χ0v) is 13.7. The molecule has 0 fully saturated rings. The van der Waals surface area contributed by atoms with Crippen molar-refractivity contribution in [2.45, 2.75) is 19.1 Å². The topological polar surface area (TPSA) is 48.0 Å². The van der Waals surface area contributed by atoms with Crippen molar-refractivity contribution in [3.05, 3.63) is 53.1 Å². The number of anilines is 1. The maximum atomic E-state index is 12.5. The van der Waals surface area contributed by atoms with E-state index >= 15 is 0 Å². The second-order valence-electron chi connectivity index (χ2n) is 5.95. The highest BCUT2D eigenvalue weighted by Gasteiger charge is 2.40. The van der Waals surface area contributed by atoms with Crippen LogP contribution in [-0.2, 0) is 11.2 Å². The van der Waals surface area contributed by atoms with Crippen LogP contribution in [0.4, 0.5) is 5.69 Å². The minimum Gasteiger partial charge on any atom is -0.493 e. The van der Waals surface area contributed by atoms with E-state index in [9.17, 15) is 4.79 Å². The van der Waals surface area contributed by atoms with Crippen LogP contribution in [0.3, 0.4) is 0 Å². The van der Waals surface area contributed by atoms with Crippen LogP contribution in [0.15, 0.2) is 36.4 Å². The van der Waals surface area contributed by atoms with Gasteiger partial charge in [-0.1, -0.05) is 18.2 Å². The van der Waals surface area contributed by atoms with E-state index in [1.54, 1.807) is 7.11 Å². The molecule has 2 aromatic rings. The third-order valence-electron chi connectivity index (χ3n) is 4.70. The normalized spacial score (nSPS) is 18.7. The predicted molar refractivity (Wildman–Crippen MR) is 89.8 cm³/mol. The zero-order chi connectivity index (χ0) is 16.7. The molecule has 0 aromatic heterocycles. The lowest BCUT2D eigenvalue weighted by Crippen LogP contribution is -2.33. The lowest BCUT2D eigenvalue weighted by molar-refractivity contribution is 0.0373. The van der Waals surface area contributed by atoms with Gasteiger partial charge in [-0.25, -0.2) is 4.79 Å². The van der Waals surface area contributed by atoms with E-state index in [0.29, 0.717) is 17.1 Å². The number of rotatable bonds is 3. The SMILES string of the molecule is COc1ccc2c(c1OC)C(=O)O[C@H]2N1CCCc2ccccc21. The van der Waals surface area contributed by atoms with E-state index in [1.165, 1.54) is 12.7 Å². The molecule has 2 aromatic carbocycles. The van der Waals surface area contributed by atoms with Gasteiger partial charge < -0.3 is 19.1 Å². The summed E-state index contributed by atoms with van der Waals surface area (Å²) in [7, 11) is 3.10. The van der Waals surface area contributed by atoms with Crippen LogP contribution >= 0.6 is 0 Å². The molecule has 0 unspecified atom stereocenters. The fourth-order valence-electron chi connectivity index (χ4n) is 3.62. The highest BCUT2D eigenvalue weighted by molar-refractivity contribution is 5.98. The average Bonchev–Trinajstić information content (AvgIpc) is 2.97. The van der Waals surface area contributed by atoms with Crippen molar-refractivity contribution in [3.8, 4) is 11.5 Å². The summed E-state index contributed by atoms with van der Waals surface area (Å²) in [5.41, 5.74) is 3.71. The summed E-state index contributed by atoms with van der Waals surface area (Å²) >= 11 is 0. The lowest BCUT2D eigenvalue weighted by atomic mass is 9.99. The fraction of sp³-hybridized carbons (Fsp3) is 0.316. The van der Waals surface area contributed by atoms with Crippen LogP contribution in [0, 0.1) is 0 Å². The second-order valence-corrected chi connectivity index (χ2v) is 5.95. The van der Waals surface area contributed by atoms with Gasteiger partial charge in [0.1, 0.15) is 5.56 Å². The summed E-state index contributed by atoms with van der Waals surface area (Å²) in [6, 6.07) is 12.0. The Kier molecular flexibility index (Phi) is 3.56. The van der Waals surface area contributed by atoms with Gasteiger partial charge in [-0.2, -0.15) is 0 Å². The van der Waals surface area contributed by atoms with Gasteiger partial charge >= 0.3 is 5.97 Å². The molecule has 124 valence electrons. The molecule has 0 spiro atoms. The fourth-order valence-corrected chi connectivity index (χ4v) is 3.62. The Balaban J connectivity index is 1.81. The molecular formula is C19H19NO4. The van der Waals surface area contributed by atoms with E-state index in [2.05, 4.69) is 17.0 Å². The van der Waals surface area contributed by atoms with Gasteiger partial charge in [0.05, 0.1) is 14.2 Å². The molecule has 0 bridgehead atoms. The molecule has 24 heavy (non-hydrogen) atoms. The third kappa shape index (κ3) is 2.12. The van der Waals surface area contributed by atoms with Gasteiger partial charge in [0.25, 0.3) is 0 Å². The summed E-state index contributed by atoms with van der Waals surface area (Å²) in [6.07, 6.45) is 1.66. The Bertz CT molecular complexity index is 802. The molecule has 0 aliphatic carbocycles. The number of para-hydroxylation sites is 1. The predicted octanol–water partition coefficient (Wildman–Crippen LogP) is 3.33. The van der Waals surface area contributed by atoms with E-state index in [0.717, 1.165) is 30.6 Å². The molecule has 2 heterocycles. The van der Waals surface area contributed by atoms with Crippen LogP contribution in [0.25, 0.3) is 0 Å². The van der Waals surface area contributed by atoms with Crippen molar-refractivity contribution < 1.29 is 19.0 Å². The van der Waals surface area contributed by atoms with Gasteiger partial charge in [-0.05, 0) is 36.6 Å². The number of benzene rings is 2. The highest BCUT2D eigenvalue weighted by Crippen LogP contribution is 2.45. The van der Waals surface area contributed by atoms with Crippen molar-refractivity contribution in [1.29, 1.82) is 0 Å². The minimum absolute atomic E-state index is 0.367. The number of nitrogens with zero attached hydrogens (tertiary/aromatic N) is 1. The summed E-state index contributed by atoms with van der Waals surface area (Å²) in [5.74, 6) is 0.606. The van der Waals surface area contributed by atoms with Gasteiger partial charge in [-0.15, -0.1) is 0 Å². The van der Waals surface area contributed by atoms with Gasteiger partial charge in [0.15, 0.2) is 11.5 Å². The summed E-state index contributed by atoms with van der Waals surface area (Å²) in [6.45, 7) is 0.850. The molecular weight excluding hydrogens is 306 g/mol. The maximum Gasteiger partial charge on any atom is 0.344 e. The summed E-state index contributed by atoms with van der Waals surface area (Å²) in [5, 5.41) is 0. The highest BCUT2D eigenvalue weighted by atomic mass is 16.6. The van der Waals surface area contributed by atoms with Crippen LogP contribution in [-0.4, -0.2) is 26.7 Å². The van der Waals surface area contributed by atoms with Crippen LogP contribution < -0.4 is 14.4 Å². The molecule has 0 saturated carbocycles. The minimum atomic E-state index is -0.422. The van der Waals surface area contributed by atoms with Crippen molar-refractivity contribution >= 4 is 11.7 Å². The molecule has 4 rings (SSSR count). The number of hydrogen-bond acceptors (Lipinski definition) is 5. The second kappa shape index (κ2) is 5.74. The molecule has 5 nitrogen and oxygen atoms in total. The Labute approximate surface area is 140 Å². The molecule has 0 radical (unpaired) electrons. The number of carbonyl (C=O) groups is 1. The van der Waals surface area contributed by atoms with Crippen LogP contribution in [0.5, 0.6) is 11.5 Å². The first-order chi connectivity index (χ1) is 11.7. The first-order valence-electron chi connectivity index (χ1n) is 8.05. The molecule has 0 saturated heterocycles. The maximum absolute atomic E-state index is 12.5. The number of methoxy groups -OCH3 is 2. The Morgan fingerprint density at radius 3 is 2.75 bits per heavy atom. The van der Waals surface area contributed by atoms with Crippen LogP contribution in [0.1, 0.15) is 34.1 Å². The zero-order valence-electron chi connectivity index (χ0n) is 13.7. The average molecular weight is 325 g/mol. The van der Waals surface area contributed by atoms with Crippen molar-refractivity contribution in [2.75, 3.05) is 25.7 Å².